The van der Waals surface area contributed by atoms with Gasteiger partial charge in [-0.05, 0) is 29.6 Å². The van der Waals surface area contributed by atoms with Crippen molar-refractivity contribution in [3.8, 4) is 0 Å². The molecular weight excluding hydrogens is 216 g/mol. The number of hydrogen-bond acceptors (Lipinski definition) is 3. The summed E-state index contributed by atoms with van der Waals surface area (Å²) in [5.74, 6) is 9.38. The number of nitrogens with one attached hydrogen (secondary N) is 1. The minimum Gasteiger partial charge on any atom is -0.271 e. The topological polar surface area (TPSA) is 38.0 Å². The number of hydrogen-bond donors (Lipinski definition) is 2. The van der Waals surface area contributed by atoms with Gasteiger partial charge in [-0.3, -0.25) is 11.3 Å². The molecule has 3 N–H and O–H groups in total. The normalized spacial score (nSPS) is 25.4. The Labute approximate surface area is 102 Å². The second-order valence-electron chi connectivity index (χ2n) is 4.35. The lowest BCUT2D eigenvalue weighted by Crippen LogP contribution is -2.39. The number of hydrazine groups is 1. The van der Waals surface area contributed by atoms with Gasteiger partial charge in [-0.2, -0.15) is 11.8 Å². The van der Waals surface area contributed by atoms with Gasteiger partial charge in [-0.15, -0.1) is 0 Å². The summed E-state index contributed by atoms with van der Waals surface area (Å²) in [6.45, 7) is 2.19. The molecule has 0 bridgehead atoms. The molecule has 0 radical (unpaired) electrons. The molecular formula is C13H20N2S. The predicted octanol–water partition coefficient (Wildman–Crippen LogP) is 2.38. The standard InChI is InChI=1S/C13H20N2S/c1-2-16-9-13(15-14)12-8-11(12)10-6-4-3-5-7-10/h3-7,11-13,15H,2,8-9,14H2,1H3. The largest absolute Gasteiger partial charge is 0.271 e. The first kappa shape index (κ1) is 12.0. The highest BCUT2D eigenvalue weighted by molar-refractivity contribution is 7.99. The molecule has 3 atom stereocenters. The maximum atomic E-state index is 5.63. The third-order valence-corrected chi connectivity index (χ3v) is 4.30. The summed E-state index contributed by atoms with van der Waals surface area (Å²) in [5, 5.41) is 0. The van der Waals surface area contributed by atoms with Crippen LogP contribution < -0.4 is 11.3 Å². The van der Waals surface area contributed by atoms with Crippen molar-refractivity contribution < 1.29 is 0 Å². The van der Waals surface area contributed by atoms with Crippen molar-refractivity contribution in [1.29, 1.82) is 0 Å². The van der Waals surface area contributed by atoms with E-state index in [4.69, 9.17) is 5.84 Å². The minimum atomic E-state index is 0.468. The van der Waals surface area contributed by atoms with E-state index in [1.54, 1.807) is 0 Å². The summed E-state index contributed by atoms with van der Waals surface area (Å²) in [5.41, 5.74) is 4.44. The Morgan fingerprint density at radius 1 is 1.44 bits per heavy atom. The van der Waals surface area contributed by atoms with E-state index in [1.807, 2.05) is 11.8 Å². The molecule has 0 amide bonds. The molecule has 0 saturated heterocycles. The van der Waals surface area contributed by atoms with Gasteiger partial charge in [0.15, 0.2) is 0 Å². The molecule has 1 aliphatic rings. The van der Waals surface area contributed by atoms with Crippen molar-refractivity contribution in [2.24, 2.45) is 11.8 Å². The van der Waals surface area contributed by atoms with Gasteiger partial charge in [-0.1, -0.05) is 37.3 Å². The van der Waals surface area contributed by atoms with Crippen LogP contribution in [-0.4, -0.2) is 17.5 Å². The lowest BCUT2D eigenvalue weighted by atomic mass is 10.1. The average Bonchev–Trinajstić information content (AvgIpc) is 3.12. The van der Waals surface area contributed by atoms with Crippen LogP contribution in [0.3, 0.4) is 0 Å². The van der Waals surface area contributed by atoms with Crippen LogP contribution in [0.4, 0.5) is 0 Å². The zero-order chi connectivity index (χ0) is 11.4. The van der Waals surface area contributed by atoms with Gasteiger partial charge in [0.05, 0.1) is 0 Å². The van der Waals surface area contributed by atoms with E-state index in [2.05, 4.69) is 42.7 Å². The molecule has 88 valence electrons. The smallest absolute Gasteiger partial charge is 0.0335 e. The van der Waals surface area contributed by atoms with Crippen molar-refractivity contribution >= 4 is 11.8 Å². The van der Waals surface area contributed by atoms with E-state index < -0.39 is 0 Å². The molecule has 1 aromatic carbocycles. The number of benzene rings is 1. The van der Waals surface area contributed by atoms with Crippen molar-refractivity contribution in [1.82, 2.24) is 5.43 Å². The molecule has 0 aromatic heterocycles. The zero-order valence-corrected chi connectivity index (χ0v) is 10.5. The van der Waals surface area contributed by atoms with Crippen molar-refractivity contribution in [2.75, 3.05) is 11.5 Å². The van der Waals surface area contributed by atoms with Gasteiger partial charge in [0, 0.05) is 11.8 Å². The Balaban J connectivity index is 1.89. The highest BCUT2D eigenvalue weighted by Crippen LogP contribution is 2.49. The molecule has 16 heavy (non-hydrogen) atoms. The quantitative estimate of drug-likeness (QED) is 0.588. The van der Waals surface area contributed by atoms with Gasteiger partial charge in [-0.25, -0.2) is 0 Å². The summed E-state index contributed by atoms with van der Waals surface area (Å²) >= 11 is 1.96. The monoisotopic (exact) mass is 236 g/mol. The van der Waals surface area contributed by atoms with Crippen LogP contribution in [0.15, 0.2) is 30.3 Å². The second-order valence-corrected chi connectivity index (χ2v) is 5.67. The summed E-state index contributed by atoms with van der Waals surface area (Å²) in [6.07, 6.45) is 1.28. The van der Waals surface area contributed by atoms with Gasteiger partial charge < -0.3 is 0 Å². The third-order valence-electron chi connectivity index (χ3n) is 3.30. The molecule has 3 heteroatoms. The summed E-state index contributed by atoms with van der Waals surface area (Å²) < 4.78 is 0. The molecule has 3 unspecified atom stereocenters. The van der Waals surface area contributed by atoms with E-state index in [-0.39, 0.29) is 0 Å². The first-order valence-corrected chi connectivity index (χ1v) is 7.11. The number of nitrogens with two attached hydrogens (primary N) is 1. The lowest BCUT2D eigenvalue weighted by molar-refractivity contribution is 0.511. The molecule has 0 spiro atoms. The Bertz CT molecular complexity index is 315. The summed E-state index contributed by atoms with van der Waals surface area (Å²) in [7, 11) is 0. The van der Waals surface area contributed by atoms with Crippen molar-refractivity contribution in [2.45, 2.75) is 25.3 Å². The highest BCUT2D eigenvalue weighted by atomic mass is 32.2. The van der Waals surface area contributed by atoms with Crippen LogP contribution >= 0.6 is 11.8 Å². The third kappa shape index (κ3) is 2.78. The maximum Gasteiger partial charge on any atom is 0.0335 e. The van der Waals surface area contributed by atoms with E-state index >= 15 is 0 Å². The fourth-order valence-corrected chi connectivity index (χ4v) is 3.12. The van der Waals surface area contributed by atoms with Gasteiger partial charge in [0.25, 0.3) is 0 Å². The van der Waals surface area contributed by atoms with Gasteiger partial charge >= 0.3 is 0 Å². The molecule has 2 rings (SSSR count). The first-order valence-electron chi connectivity index (χ1n) is 5.95. The predicted molar refractivity (Wildman–Crippen MR) is 71.4 cm³/mol. The van der Waals surface area contributed by atoms with Crippen LogP contribution in [0.1, 0.15) is 24.8 Å². The average molecular weight is 236 g/mol. The Morgan fingerprint density at radius 2 is 2.19 bits per heavy atom. The molecule has 0 aliphatic heterocycles. The molecule has 1 aromatic rings. The lowest BCUT2D eigenvalue weighted by Gasteiger charge is -2.15. The molecule has 0 heterocycles. The Hall–Kier alpha value is -0.510. The van der Waals surface area contributed by atoms with Crippen LogP contribution in [0.5, 0.6) is 0 Å². The van der Waals surface area contributed by atoms with E-state index in [0.717, 1.165) is 17.6 Å². The maximum absolute atomic E-state index is 5.63. The van der Waals surface area contributed by atoms with E-state index in [0.29, 0.717) is 6.04 Å². The fraction of sp³-hybridized carbons (Fsp3) is 0.538. The van der Waals surface area contributed by atoms with Gasteiger partial charge in [0.1, 0.15) is 0 Å². The fourth-order valence-electron chi connectivity index (χ4n) is 2.28. The minimum absolute atomic E-state index is 0.468. The van der Waals surface area contributed by atoms with E-state index in [9.17, 15) is 0 Å². The molecule has 1 fully saturated rings. The first-order chi connectivity index (χ1) is 7.86. The van der Waals surface area contributed by atoms with Crippen LogP contribution in [-0.2, 0) is 0 Å². The van der Waals surface area contributed by atoms with Crippen molar-refractivity contribution in [3.63, 3.8) is 0 Å². The van der Waals surface area contributed by atoms with Crippen LogP contribution in [0.25, 0.3) is 0 Å². The van der Waals surface area contributed by atoms with Gasteiger partial charge in [0.2, 0.25) is 0 Å². The number of rotatable bonds is 6. The summed E-state index contributed by atoms with van der Waals surface area (Å²) in [6, 6.07) is 11.2. The van der Waals surface area contributed by atoms with Crippen LogP contribution in [0, 0.1) is 5.92 Å². The number of thioether (sulfide) groups is 1. The Kier molecular flexibility index (Phi) is 4.27. The van der Waals surface area contributed by atoms with E-state index in [1.165, 1.54) is 17.7 Å². The molecule has 2 nitrogen and oxygen atoms in total. The van der Waals surface area contributed by atoms with Crippen molar-refractivity contribution in [3.05, 3.63) is 35.9 Å². The zero-order valence-electron chi connectivity index (χ0n) is 9.73. The van der Waals surface area contributed by atoms with Crippen LogP contribution in [0.2, 0.25) is 0 Å². The molecule has 1 aliphatic carbocycles. The summed E-state index contributed by atoms with van der Waals surface area (Å²) in [4.78, 5) is 0. The highest BCUT2D eigenvalue weighted by Gasteiger charge is 2.43. The molecule has 1 saturated carbocycles. The SMILES string of the molecule is CCSCC(NN)C1CC1c1ccccc1. The Morgan fingerprint density at radius 3 is 2.81 bits per heavy atom. The second kappa shape index (κ2) is 5.71.